The van der Waals surface area contributed by atoms with Crippen LogP contribution in [-0.4, -0.2) is 12.4 Å². The summed E-state index contributed by atoms with van der Waals surface area (Å²) in [6, 6.07) is 11.3. The minimum absolute atomic E-state index is 0.00843. The third-order valence-electron chi connectivity index (χ3n) is 2.61. The van der Waals surface area contributed by atoms with Gasteiger partial charge in [-0.05, 0) is 62.4 Å². The van der Waals surface area contributed by atoms with Crippen molar-refractivity contribution in [1.29, 1.82) is 0 Å². The summed E-state index contributed by atoms with van der Waals surface area (Å²) in [5.74, 6) is 0.797. The van der Waals surface area contributed by atoms with Crippen molar-refractivity contribution in [1.82, 2.24) is 0 Å². The zero-order valence-electron chi connectivity index (χ0n) is 11.1. The Morgan fingerprint density at radius 2 is 1.95 bits per heavy atom. The fourth-order valence-corrected chi connectivity index (χ4v) is 2.46. The molecular weight excluding hydrogens is 256 g/mol. The number of ether oxygens (including phenoxy) is 1. The Labute approximate surface area is 117 Å². The number of allylic oxidation sites excluding steroid dienone is 1. The average molecular weight is 272 g/mol. The van der Waals surface area contributed by atoms with Crippen molar-refractivity contribution in [2.45, 2.75) is 13.8 Å². The SMILES string of the molecule is CCOc1ccc(C(=O)C=Cc2ccc(C)s2)cc1. The third-order valence-corrected chi connectivity index (χ3v) is 3.58. The van der Waals surface area contributed by atoms with Gasteiger partial charge in [0.25, 0.3) is 0 Å². The predicted octanol–water partition coefficient (Wildman–Crippen LogP) is 4.35. The Kier molecular flexibility index (Phi) is 4.53. The third kappa shape index (κ3) is 3.80. The largest absolute Gasteiger partial charge is 0.494 e. The molecule has 0 spiro atoms. The number of hydrogen-bond acceptors (Lipinski definition) is 3. The van der Waals surface area contributed by atoms with E-state index in [9.17, 15) is 4.79 Å². The van der Waals surface area contributed by atoms with Gasteiger partial charge in [0.1, 0.15) is 5.75 Å². The first-order chi connectivity index (χ1) is 9.19. The molecule has 0 fully saturated rings. The molecule has 0 atom stereocenters. The topological polar surface area (TPSA) is 26.3 Å². The number of ketones is 1. The highest BCUT2D eigenvalue weighted by atomic mass is 32.1. The molecular formula is C16H16O2S. The maximum atomic E-state index is 12.0. The van der Waals surface area contributed by atoms with E-state index in [1.807, 2.05) is 37.3 Å². The van der Waals surface area contributed by atoms with Crippen molar-refractivity contribution in [2.24, 2.45) is 0 Å². The molecule has 0 aliphatic rings. The minimum atomic E-state index is 0.00843. The number of benzene rings is 1. The maximum Gasteiger partial charge on any atom is 0.185 e. The van der Waals surface area contributed by atoms with Crippen molar-refractivity contribution in [3.05, 3.63) is 57.8 Å². The number of carbonyl (C=O) groups excluding carboxylic acids is 1. The van der Waals surface area contributed by atoms with Gasteiger partial charge in [-0.1, -0.05) is 0 Å². The summed E-state index contributed by atoms with van der Waals surface area (Å²) >= 11 is 1.67. The van der Waals surface area contributed by atoms with Crippen LogP contribution in [0.15, 0.2) is 42.5 Å². The van der Waals surface area contributed by atoms with Gasteiger partial charge >= 0.3 is 0 Å². The van der Waals surface area contributed by atoms with Gasteiger partial charge in [0, 0.05) is 15.3 Å². The molecule has 2 aromatic rings. The molecule has 2 rings (SSSR count). The molecule has 0 saturated heterocycles. The maximum absolute atomic E-state index is 12.0. The lowest BCUT2D eigenvalue weighted by atomic mass is 10.1. The molecule has 0 radical (unpaired) electrons. The molecule has 0 amide bonds. The first kappa shape index (κ1) is 13.6. The van der Waals surface area contributed by atoms with Crippen molar-refractivity contribution in [3.63, 3.8) is 0 Å². The molecule has 0 aliphatic carbocycles. The summed E-state index contributed by atoms with van der Waals surface area (Å²) in [4.78, 5) is 14.3. The molecule has 98 valence electrons. The van der Waals surface area contributed by atoms with Crippen LogP contribution >= 0.6 is 11.3 Å². The van der Waals surface area contributed by atoms with E-state index in [0.717, 1.165) is 10.6 Å². The zero-order valence-corrected chi connectivity index (χ0v) is 11.9. The Hall–Kier alpha value is -1.87. The van der Waals surface area contributed by atoms with Crippen molar-refractivity contribution >= 4 is 23.2 Å². The Balaban J connectivity index is 2.05. The summed E-state index contributed by atoms with van der Waals surface area (Å²) in [6.07, 6.45) is 3.47. The molecule has 3 heteroatoms. The van der Waals surface area contributed by atoms with E-state index in [4.69, 9.17) is 4.74 Å². The number of carbonyl (C=O) groups is 1. The van der Waals surface area contributed by atoms with Crippen LogP contribution in [0.25, 0.3) is 6.08 Å². The van der Waals surface area contributed by atoms with Crippen LogP contribution in [0.5, 0.6) is 5.75 Å². The molecule has 1 aromatic heterocycles. The standard InChI is InChI=1S/C16H16O2S/c1-3-18-14-7-5-13(6-8-14)16(17)11-10-15-9-4-12(2)19-15/h4-11H,3H2,1-2H3. The van der Waals surface area contributed by atoms with Crippen LogP contribution < -0.4 is 4.74 Å². The highest BCUT2D eigenvalue weighted by Gasteiger charge is 2.02. The van der Waals surface area contributed by atoms with E-state index in [-0.39, 0.29) is 5.78 Å². The smallest absolute Gasteiger partial charge is 0.185 e. The average Bonchev–Trinajstić information content (AvgIpc) is 2.83. The van der Waals surface area contributed by atoms with Crippen LogP contribution in [0.4, 0.5) is 0 Å². The van der Waals surface area contributed by atoms with Gasteiger partial charge in [-0.3, -0.25) is 4.79 Å². The molecule has 1 aromatic carbocycles. The van der Waals surface area contributed by atoms with E-state index in [1.54, 1.807) is 29.5 Å². The van der Waals surface area contributed by atoms with E-state index in [2.05, 4.69) is 6.92 Å². The van der Waals surface area contributed by atoms with Gasteiger partial charge in [0.15, 0.2) is 5.78 Å². The molecule has 2 nitrogen and oxygen atoms in total. The van der Waals surface area contributed by atoms with E-state index >= 15 is 0 Å². The van der Waals surface area contributed by atoms with Crippen molar-refractivity contribution < 1.29 is 9.53 Å². The lowest BCUT2D eigenvalue weighted by Gasteiger charge is -2.02. The minimum Gasteiger partial charge on any atom is -0.494 e. The Bertz CT molecular complexity index is 579. The Morgan fingerprint density at radius 3 is 2.53 bits per heavy atom. The second-order valence-electron chi connectivity index (χ2n) is 4.10. The highest BCUT2D eigenvalue weighted by Crippen LogP contribution is 2.17. The van der Waals surface area contributed by atoms with Crippen LogP contribution in [0.2, 0.25) is 0 Å². The van der Waals surface area contributed by atoms with Gasteiger partial charge in [0.2, 0.25) is 0 Å². The van der Waals surface area contributed by atoms with Gasteiger partial charge in [-0.25, -0.2) is 0 Å². The van der Waals surface area contributed by atoms with Crippen LogP contribution in [-0.2, 0) is 0 Å². The predicted molar refractivity (Wildman–Crippen MR) is 80.0 cm³/mol. The summed E-state index contributed by atoms with van der Waals surface area (Å²) in [7, 11) is 0. The summed E-state index contributed by atoms with van der Waals surface area (Å²) in [5, 5.41) is 0. The number of thiophene rings is 1. The normalized spacial score (nSPS) is 10.8. The van der Waals surface area contributed by atoms with Gasteiger partial charge in [0.05, 0.1) is 6.61 Å². The fourth-order valence-electron chi connectivity index (χ4n) is 1.68. The number of hydrogen-bond donors (Lipinski definition) is 0. The van der Waals surface area contributed by atoms with E-state index < -0.39 is 0 Å². The highest BCUT2D eigenvalue weighted by molar-refractivity contribution is 7.12. The second-order valence-corrected chi connectivity index (χ2v) is 5.42. The fraction of sp³-hybridized carbons (Fsp3) is 0.188. The van der Waals surface area contributed by atoms with Crippen molar-refractivity contribution in [3.8, 4) is 5.75 Å². The molecule has 0 aliphatic heterocycles. The van der Waals surface area contributed by atoms with E-state index in [0.29, 0.717) is 12.2 Å². The summed E-state index contributed by atoms with van der Waals surface area (Å²) < 4.78 is 5.34. The van der Waals surface area contributed by atoms with Crippen LogP contribution in [0.3, 0.4) is 0 Å². The number of rotatable bonds is 5. The quantitative estimate of drug-likeness (QED) is 0.597. The molecule has 1 heterocycles. The lowest BCUT2D eigenvalue weighted by molar-refractivity contribution is 0.104. The van der Waals surface area contributed by atoms with E-state index in [1.165, 1.54) is 4.88 Å². The molecule has 0 N–H and O–H groups in total. The first-order valence-electron chi connectivity index (χ1n) is 6.21. The molecule has 19 heavy (non-hydrogen) atoms. The molecule has 0 bridgehead atoms. The molecule has 0 unspecified atom stereocenters. The summed E-state index contributed by atoms with van der Waals surface area (Å²) in [6.45, 7) is 4.62. The summed E-state index contributed by atoms with van der Waals surface area (Å²) in [5.41, 5.74) is 0.674. The first-order valence-corrected chi connectivity index (χ1v) is 7.02. The van der Waals surface area contributed by atoms with Crippen LogP contribution in [0.1, 0.15) is 27.0 Å². The van der Waals surface area contributed by atoms with Crippen molar-refractivity contribution in [2.75, 3.05) is 6.61 Å². The van der Waals surface area contributed by atoms with Gasteiger partial charge in [-0.2, -0.15) is 0 Å². The van der Waals surface area contributed by atoms with Gasteiger partial charge in [-0.15, -0.1) is 11.3 Å². The lowest BCUT2D eigenvalue weighted by Crippen LogP contribution is -1.95. The molecule has 0 saturated carbocycles. The monoisotopic (exact) mass is 272 g/mol. The number of aryl methyl sites for hydroxylation is 1. The zero-order chi connectivity index (χ0) is 13.7. The Morgan fingerprint density at radius 1 is 1.21 bits per heavy atom. The van der Waals surface area contributed by atoms with Gasteiger partial charge < -0.3 is 4.74 Å². The second kappa shape index (κ2) is 6.34. The van der Waals surface area contributed by atoms with Crippen LogP contribution in [0, 0.1) is 6.92 Å².